The first-order valence-electron chi connectivity index (χ1n) is 7.06. The van der Waals surface area contributed by atoms with E-state index in [9.17, 15) is 4.79 Å². The first-order valence-corrected chi connectivity index (χ1v) is 9.05. The predicted octanol–water partition coefficient (Wildman–Crippen LogP) is 4.28. The summed E-state index contributed by atoms with van der Waals surface area (Å²) in [6.45, 7) is 8.41. The van der Waals surface area contributed by atoms with Crippen molar-refractivity contribution in [3.05, 3.63) is 29.8 Å². The van der Waals surface area contributed by atoms with Gasteiger partial charge in [-0.1, -0.05) is 26.0 Å². The molecule has 1 aromatic carbocycles. The predicted molar refractivity (Wildman–Crippen MR) is 89.3 cm³/mol. The third kappa shape index (κ3) is 3.73. The molecule has 0 aliphatic carbocycles. The number of Topliss-reactive ketones (excluding diaryl/α,β-unsaturated/α-hetero) is 1. The average molecular weight is 310 g/mol. The van der Waals surface area contributed by atoms with Crippen LogP contribution in [-0.2, 0) is 0 Å². The smallest absolute Gasteiger partial charge is 0.180 e. The molecule has 2 rings (SSSR count). The summed E-state index contributed by atoms with van der Waals surface area (Å²) in [4.78, 5) is 12.7. The number of rotatable bonds is 4. The highest BCUT2D eigenvalue weighted by Gasteiger charge is 2.32. The fourth-order valence-electron chi connectivity index (χ4n) is 2.12. The number of thioether (sulfide) groups is 2. The van der Waals surface area contributed by atoms with Gasteiger partial charge >= 0.3 is 0 Å². The molecule has 20 heavy (non-hydrogen) atoms. The Morgan fingerprint density at radius 1 is 1.25 bits per heavy atom. The van der Waals surface area contributed by atoms with Crippen molar-refractivity contribution in [1.82, 2.24) is 0 Å². The van der Waals surface area contributed by atoms with Gasteiger partial charge in [0.15, 0.2) is 5.78 Å². The first kappa shape index (κ1) is 15.8. The Balaban J connectivity index is 2.17. The van der Waals surface area contributed by atoms with E-state index in [-0.39, 0.29) is 17.1 Å². The zero-order chi connectivity index (χ0) is 14.7. The fraction of sp³-hybridized carbons (Fsp3) is 0.562. The molecular formula is C16H22O2S2. The maximum atomic E-state index is 12.7. The number of benzene rings is 1. The molecule has 3 atom stereocenters. The third-order valence-electron chi connectivity index (χ3n) is 3.36. The summed E-state index contributed by atoms with van der Waals surface area (Å²) in [6.07, 6.45) is 0.0799. The van der Waals surface area contributed by atoms with Crippen LogP contribution in [0.5, 0.6) is 5.75 Å². The summed E-state index contributed by atoms with van der Waals surface area (Å²) in [5.74, 6) is 1.81. The number of hydrogen-bond acceptors (Lipinski definition) is 4. The second kappa shape index (κ2) is 6.90. The van der Waals surface area contributed by atoms with Gasteiger partial charge in [-0.3, -0.25) is 4.79 Å². The molecule has 0 N–H and O–H groups in total. The molecule has 0 saturated carbocycles. The van der Waals surface area contributed by atoms with Gasteiger partial charge in [-0.2, -0.15) is 11.8 Å². The largest absolute Gasteiger partial charge is 0.490 e. The van der Waals surface area contributed by atoms with Gasteiger partial charge in [0.1, 0.15) is 5.75 Å². The van der Waals surface area contributed by atoms with Crippen LogP contribution >= 0.6 is 23.5 Å². The van der Waals surface area contributed by atoms with Crippen molar-refractivity contribution in [2.45, 2.75) is 49.5 Å². The van der Waals surface area contributed by atoms with Crippen molar-refractivity contribution in [2.24, 2.45) is 0 Å². The van der Waals surface area contributed by atoms with E-state index in [2.05, 4.69) is 13.8 Å². The van der Waals surface area contributed by atoms with Crippen LogP contribution < -0.4 is 4.74 Å². The van der Waals surface area contributed by atoms with Crippen molar-refractivity contribution in [3.8, 4) is 5.75 Å². The van der Waals surface area contributed by atoms with E-state index in [1.807, 2.05) is 49.9 Å². The number of ether oxygens (including phenoxy) is 1. The van der Waals surface area contributed by atoms with E-state index >= 15 is 0 Å². The zero-order valence-electron chi connectivity index (χ0n) is 12.5. The number of ketones is 1. The van der Waals surface area contributed by atoms with Gasteiger partial charge in [0.05, 0.1) is 16.9 Å². The number of carbonyl (C=O) groups excluding carboxylic acids is 1. The van der Waals surface area contributed by atoms with Gasteiger partial charge in [0, 0.05) is 16.3 Å². The van der Waals surface area contributed by atoms with E-state index in [1.54, 1.807) is 11.8 Å². The highest BCUT2D eigenvalue weighted by Crippen LogP contribution is 2.38. The molecule has 4 heteroatoms. The van der Waals surface area contributed by atoms with Gasteiger partial charge < -0.3 is 4.74 Å². The maximum absolute atomic E-state index is 12.7. The monoisotopic (exact) mass is 310 g/mol. The molecule has 1 aromatic rings. The van der Waals surface area contributed by atoms with Crippen molar-refractivity contribution in [1.29, 1.82) is 0 Å². The lowest BCUT2D eigenvalue weighted by Crippen LogP contribution is -2.32. The minimum atomic E-state index is 0.0445. The normalized spacial score (nSPS) is 26.6. The van der Waals surface area contributed by atoms with Gasteiger partial charge in [-0.15, -0.1) is 11.8 Å². The highest BCUT2D eigenvalue weighted by atomic mass is 32.2. The molecule has 0 radical (unpaired) electrons. The molecule has 0 amide bonds. The SMILES string of the molecule is CC(C)Oc1ccccc1C(=O)C1CSC(C)C(C)S1. The zero-order valence-corrected chi connectivity index (χ0v) is 14.1. The maximum Gasteiger partial charge on any atom is 0.180 e. The fourth-order valence-corrected chi connectivity index (χ4v) is 4.99. The molecular weight excluding hydrogens is 288 g/mol. The lowest BCUT2D eigenvalue weighted by molar-refractivity contribution is 0.0989. The van der Waals surface area contributed by atoms with E-state index < -0.39 is 0 Å². The molecule has 110 valence electrons. The van der Waals surface area contributed by atoms with Crippen LogP contribution in [0.3, 0.4) is 0 Å². The van der Waals surface area contributed by atoms with E-state index in [1.165, 1.54) is 0 Å². The molecule has 0 bridgehead atoms. The van der Waals surface area contributed by atoms with E-state index in [0.717, 1.165) is 11.3 Å². The van der Waals surface area contributed by atoms with Crippen LogP contribution in [0.1, 0.15) is 38.1 Å². The molecule has 1 aliphatic rings. The number of para-hydroxylation sites is 1. The summed E-state index contributed by atoms with van der Waals surface area (Å²) in [7, 11) is 0. The summed E-state index contributed by atoms with van der Waals surface area (Å²) in [6, 6.07) is 7.60. The van der Waals surface area contributed by atoms with Crippen LogP contribution in [0, 0.1) is 0 Å². The Hall–Kier alpha value is -0.610. The van der Waals surface area contributed by atoms with Gasteiger partial charge in [0.2, 0.25) is 0 Å². The Labute approximate surface area is 130 Å². The lowest BCUT2D eigenvalue weighted by Gasteiger charge is -2.30. The molecule has 1 aliphatic heterocycles. The van der Waals surface area contributed by atoms with Crippen LogP contribution in [0.2, 0.25) is 0 Å². The van der Waals surface area contributed by atoms with Crippen molar-refractivity contribution in [2.75, 3.05) is 5.75 Å². The van der Waals surface area contributed by atoms with Gasteiger partial charge in [-0.25, -0.2) is 0 Å². The second-order valence-corrected chi connectivity index (χ2v) is 8.39. The molecule has 0 spiro atoms. The van der Waals surface area contributed by atoms with Crippen molar-refractivity contribution >= 4 is 29.3 Å². The quantitative estimate of drug-likeness (QED) is 0.775. The Morgan fingerprint density at radius 2 is 1.95 bits per heavy atom. The molecule has 1 fully saturated rings. The Morgan fingerprint density at radius 3 is 2.60 bits per heavy atom. The van der Waals surface area contributed by atoms with E-state index in [4.69, 9.17) is 4.74 Å². The van der Waals surface area contributed by atoms with Crippen molar-refractivity contribution in [3.63, 3.8) is 0 Å². The summed E-state index contributed by atoms with van der Waals surface area (Å²) in [5.41, 5.74) is 0.723. The highest BCUT2D eigenvalue weighted by molar-refractivity contribution is 8.08. The molecule has 0 aromatic heterocycles. The Kier molecular flexibility index (Phi) is 5.44. The molecule has 2 nitrogen and oxygen atoms in total. The van der Waals surface area contributed by atoms with Crippen molar-refractivity contribution < 1.29 is 9.53 Å². The van der Waals surface area contributed by atoms with Gasteiger partial charge in [0.25, 0.3) is 0 Å². The lowest BCUT2D eigenvalue weighted by atomic mass is 10.1. The van der Waals surface area contributed by atoms with E-state index in [0.29, 0.717) is 16.2 Å². The first-order chi connectivity index (χ1) is 9.49. The van der Waals surface area contributed by atoms with Gasteiger partial charge in [-0.05, 0) is 26.0 Å². The molecule has 1 saturated heterocycles. The standard InChI is InChI=1S/C16H22O2S2/c1-10(2)18-14-8-6-5-7-13(14)16(17)15-9-19-11(3)12(4)20-15/h5-8,10-12,15H,9H2,1-4H3. The number of hydrogen-bond donors (Lipinski definition) is 0. The minimum Gasteiger partial charge on any atom is -0.490 e. The number of carbonyl (C=O) groups is 1. The molecule has 3 unspecified atom stereocenters. The topological polar surface area (TPSA) is 26.3 Å². The second-order valence-electron chi connectivity index (χ2n) is 5.40. The Bertz CT molecular complexity index is 473. The van der Waals surface area contributed by atoms with Crippen LogP contribution in [0.4, 0.5) is 0 Å². The molecule has 1 heterocycles. The van der Waals surface area contributed by atoms with Crippen LogP contribution in [-0.4, -0.2) is 33.4 Å². The summed E-state index contributed by atoms with van der Waals surface area (Å²) >= 11 is 3.69. The van der Waals surface area contributed by atoms with Crippen LogP contribution in [0.15, 0.2) is 24.3 Å². The van der Waals surface area contributed by atoms with Crippen LogP contribution in [0.25, 0.3) is 0 Å². The summed E-state index contributed by atoms with van der Waals surface area (Å²) < 4.78 is 5.77. The third-order valence-corrected chi connectivity index (χ3v) is 6.75. The minimum absolute atomic E-state index is 0.0445. The summed E-state index contributed by atoms with van der Waals surface area (Å²) in [5, 5.41) is 1.18. The average Bonchev–Trinajstić information content (AvgIpc) is 2.41.